The van der Waals surface area contributed by atoms with Crippen LogP contribution in [-0.2, 0) is 14.8 Å². The lowest BCUT2D eigenvalue weighted by atomic mass is 10.2. The van der Waals surface area contributed by atoms with Crippen molar-refractivity contribution in [2.45, 2.75) is 37.3 Å². The van der Waals surface area contributed by atoms with E-state index < -0.39 is 16.1 Å². The third-order valence-electron chi connectivity index (χ3n) is 2.72. The number of methoxy groups -OCH3 is 1. The van der Waals surface area contributed by atoms with E-state index in [0.717, 1.165) is 0 Å². The smallest absolute Gasteiger partial charge is 0.242 e. The van der Waals surface area contributed by atoms with Gasteiger partial charge in [0, 0.05) is 19.7 Å². The summed E-state index contributed by atoms with van der Waals surface area (Å²) in [7, 11) is -2.03. The van der Waals surface area contributed by atoms with E-state index in [2.05, 4.69) is 10.0 Å². The Labute approximate surface area is 126 Å². The van der Waals surface area contributed by atoms with Crippen LogP contribution in [0.4, 0.5) is 5.69 Å². The van der Waals surface area contributed by atoms with Gasteiger partial charge >= 0.3 is 0 Å². The first-order chi connectivity index (χ1) is 9.86. The summed E-state index contributed by atoms with van der Waals surface area (Å²) in [6.07, 6.45) is -0.0973. The van der Waals surface area contributed by atoms with E-state index in [1.54, 1.807) is 38.1 Å². The number of rotatable bonds is 9. The zero-order chi connectivity index (χ0) is 15.9. The molecular formula is C14H24N2O4S. The second-order valence-corrected chi connectivity index (χ2v) is 6.78. The SMILES string of the molecule is COCC(O)CCNc1ccccc1S(=O)(=O)NC(C)C. The molecule has 0 bridgehead atoms. The molecule has 1 atom stereocenters. The molecule has 0 saturated carbocycles. The Morgan fingerprint density at radius 3 is 2.57 bits per heavy atom. The number of aliphatic hydroxyl groups is 1. The van der Waals surface area contributed by atoms with Crippen molar-refractivity contribution in [3.63, 3.8) is 0 Å². The summed E-state index contributed by atoms with van der Waals surface area (Å²) >= 11 is 0. The Kier molecular flexibility index (Phi) is 7.10. The Morgan fingerprint density at radius 2 is 1.95 bits per heavy atom. The maximum Gasteiger partial charge on any atom is 0.242 e. The van der Waals surface area contributed by atoms with Crippen molar-refractivity contribution in [2.75, 3.05) is 25.6 Å². The molecule has 120 valence electrons. The van der Waals surface area contributed by atoms with Crippen LogP contribution in [0.1, 0.15) is 20.3 Å². The second kappa shape index (κ2) is 8.33. The average Bonchev–Trinajstić information content (AvgIpc) is 2.38. The standard InChI is InChI=1S/C14H24N2O4S/c1-11(2)16-21(18,19)14-7-5-4-6-13(14)15-9-8-12(17)10-20-3/h4-7,11-12,15-17H,8-10H2,1-3H3. The van der Waals surface area contributed by atoms with Crippen LogP contribution in [0.25, 0.3) is 0 Å². The van der Waals surface area contributed by atoms with Crippen molar-refractivity contribution >= 4 is 15.7 Å². The molecule has 6 nitrogen and oxygen atoms in total. The highest BCUT2D eigenvalue weighted by Gasteiger charge is 2.19. The van der Waals surface area contributed by atoms with E-state index in [9.17, 15) is 13.5 Å². The highest BCUT2D eigenvalue weighted by Crippen LogP contribution is 2.21. The average molecular weight is 316 g/mol. The van der Waals surface area contributed by atoms with Gasteiger partial charge in [-0.05, 0) is 32.4 Å². The minimum Gasteiger partial charge on any atom is -0.391 e. The third-order valence-corrected chi connectivity index (χ3v) is 4.44. The first kappa shape index (κ1) is 17.9. The van der Waals surface area contributed by atoms with Crippen LogP contribution in [0.5, 0.6) is 0 Å². The van der Waals surface area contributed by atoms with Gasteiger partial charge in [0.1, 0.15) is 4.90 Å². The van der Waals surface area contributed by atoms with Gasteiger partial charge in [0.25, 0.3) is 0 Å². The highest BCUT2D eigenvalue weighted by atomic mass is 32.2. The molecule has 0 heterocycles. The number of nitrogens with one attached hydrogen (secondary N) is 2. The molecule has 1 rings (SSSR count). The molecular weight excluding hydrogens is 292 g/mol. The van der Waals surface area contributed by atoms with E-state index in [1.165, 1.54) is 7.11 Å². The predicted octanol–water partition coefficient (Wildman–Crippen LogP) is 1.18. The quantitative estimate of drug-likeness (QED) is 0.637. The van der Waals surface area contributed by atoms with E-state index in [4.69, 9.17) is 4.74 Å². The van der Waals surface area contributed by atoms with E-state index in [0.29, 0.717) is 18.7 Å². The van der Waals surface area contributed by atoms with E-state index in [1.807, 2.05) is 0 Å². The molecule has 21 heavy (non-hydrogen) atoms. The molecule has 1 unspecified atom stereocenters. The summed E-state index contributed by atoms with van der Waals surface area (Å²) in [4.78, 5) is 0.208. The molecule has 7 heteroatoms. The van der Waals surface area contributed by atoms with Crippen molar-refractivity contribution in [3.8, 4) is 0 Å². The molecule has 0 amide bonds. The normalized spacial score (nSPS) is 13.4. The van der Waals surface area contributed by atoms with Crippen LogP contribution in [0.15, 0.2) is 29.2 Å². The van der Waals surface area contributed by atoms with Crippen molar-refractivity contribution in [1.29, 1.82) is 0 Å². The number of sulfonamides is 1. The number of aliphatic hydroxyl groups excluding tert-OH is 1. The van der Waals surface area contributed by atoms with Crippen LogP contribution in [0.3, 0.4) is 0 Å². The van der Waals surface area contributed by atoms with Crippen LogP contribution in [0, 0.1) is 0 Å². The monoisotopic (exact) mass is 316 g/mol. The van der Waals surface area contributed by atoms with Crippen LogP contribution in [-0.4, -0.2) is 45.9 Å². The van der Waals surface area contributed by atoms with Gasteiger partial charge in [-0.1, -0.05) is 12.1 Å². The van der Waals surface area contributed by atoms with Crippen molar-refractivity contribution in [2.24, 2.45) is 0 Å². The first-order valence-corrected chi connectivity index (χ1v) is 8.37. The summed E-state index contributed by atoms with van der Waals surface area (Å²) in [5.41, 5.74) is 0.523. The molecule has 0 aromatic heterocycles. The van der Waals surface area contributed by atoms with Crippen LogP contribution >= 0.6 is 0 Å². The van der Waals surface area contributed by atoms with Gasteiger partial charge < -0.3 is 15.2 Å². The van der Waals surface area contributed by atoms with E-state index in [-0.39, 0.29) is 17.5 Å². The maximum atomic E-state index is 12.2. The minimum absolute atomic E-state index is 0.174. The fourth-order valence-corrected chi connectivity index (χ4v) is 3.30. The number of para-hydroxylation sites is 1. The molecule has 0 radical (unpaired) electrons. The third kappa shape index (κ3) is 6.01. The van der Waals surface area contributed by atoms with Gasteiger partial charge in [0.05, 0.1) is 18.4 Å². The Morgan fingerprint density at radius 1 is 1.29 bits per heavy atom. The summed E-state index contributed by atoms with van der Waals surface area (Å²) in [6, 6.07) is 6.53. The van der Waals surface area contributed by atoms with Gasteiger partial charge in [0.15, 0.2) is 0 Å². The summed E-state index contributed by atoms with van der Waals surface area (Å²) < 4.78 is 31.9. The second-order valence-electron chi connectivity index (χ2n) is 5.10. The van der Waals surface area contributed by atoms with Gasteiger partial charge in [-0.2, -0.15) is 0 Å². The van der Waals surface area contributed by atoms with Gasteiger partial charge in [0.2, 0.25) is 10.0 Å². The fraction of sp³-hybridized carbons (Fsp3) is 0.571. The predicted molar refractivity (Wildman–Crippen MR) is 82.9 cm³/mol. The topological polar surface area (TPSA) is 87.7 Å². The summed E-state index contributed by atoms with van der Waals surface area (Å²) in [5.74, 6) is 0. The zero-order valence-corrected chi connectivity index (χ0v) is 13.5. The molecule has 0 spiro atoms. The maximum absolute atomic E-state index is 12.2. The fourth-order valence-electron chi connectivity index (χ4n) is 1.87. The Balaban J connectivity index is 2.76. The number of hydrogen-bond donors (Lipinski definition) is 3. The number of anilines is 1. The van der Waals surface area contributed by atoms with Crippen LogP contribution in [0.2, 0.25) is 0 Å². The lowest BCUT2D eigenvalue weighted by Crippen LogP contribution is -2.31. The molecule has 0 fully saturated rings. The van der Waals surface area contributed by atoms with Crippen molar-refractivity contribution in [1.82, 2.24) is 4.72 Å². The van der Waals surface area contributed by atoms with Crippen LogP contribution < -0.4 is 10.0 Å². The van der Waals surface area contributed by atoms with Gasteiger partial charge in [-0.3, -0.25) is 0 Å². The first-order valence-electron chi connectivity index (χ1n) is 6.89. The lowest BCUT2D eigenvalue weighted by molar-refractivity contribution is 0.0615. The zero-order valence-electron chi connectivity index (χ0n) is 12.7. The highest BCUT2D eigenvalue weighted by molar-refractivity contribution is 7.89. The Bertz CT molecular complexity index is 532. The molecule has 0 aliphatic carbocycles. The molecule has 1 aromatic rings. The van der Waals surface area contributed by atoms with Crippen molar-refractivity contribution < 1.29 is 18.3 Å². The molecule has 0 saturated heterocycles. The van der Waals surface area contributed by atoms with Gasteiger partial charge in [-0.25, -0.2) is 13.1 Å². The van der Waals surface area contributed by atoms with E-state index >= 15 is 0 Å². The summed E-state index contributed by atoms with van der Waals surface area (Å²) in [6.45, 7) is 4.26. The number of hydrogen-bond acceptors (Lipinski definition) is 5. The summed E-state index contributed by atoms with van der Waals surface area (Å²) in [5, 5.41) is 12.6. The minimum atomic E-state index is -3.55. The molecule has 0 aliphatic rings. The largest absolute Gasteiger partial charge is 0.391 e. The Hall–Kier alpha value is -1.15. The number of benzene rings is 1. The van der Waals surface area contributed by atoms with Gasteiger partial charge in [-0.15, -0.1) is 0 Å². The molecule has 3 N–H and O–H groups in total. The molecule has 0 aliphatic heterocycles. The molecule has 1 aromatic carbocycles. The van der Waals surface area contributed by atoms with Crippen molar-refractivity contribution in [3.05, 3.63) is 24.3 Å². The lowest BCUT2D eigenvalue weighted by Gasteiger charge is -2.15. The number of ether oxygens (including phenoxy) is 1.